The van der Waals surface area contributed by atoms with Gasteiger partial charge < -0.3 is 19.3 Å². The van der Waals surface area contributed by atoms with E-state index in [0.717, 1.165) is 39.5 Å². The summed E-state index contributed by atoms with van der Waals surface area (Å²) in [5.41, 5.74) is 2.76. The van der Waals surface area contributed by atoms with Gasteiger partial charge in [0, 0.05) is 25.2 Å². The molecule has 0 radical (unpaired) electrons. The maximum absolute atomic E-state index is 14.7. The molecule has 358 valence electrons. The number of hydrogen-bond acceptors (Lipinski definition) is 12. The molecule has 0 saturated heterocycles. The molecule has 2 aliphatic heterocycles. The van der Waals surface area contributed by atoms with Crippen LogP contribution in [0.15, 0.2) is 121 Å². The van der Waals surface area contributed by atoms with E-state index in [1.807, 2.05) is 19.9 Å². The summed E-state index contributed by atoms with van der Waals surface area (Å²) in [6.45, 7) is 3.24. The zero-order chi connectivity index (χ0) is 49.6. The van der Waals surface area contributed by atoms with Crippen molar-refractivity contribution in [2.24, 2.45) is 0 Å². The van der Waals surface area contributed by atoms with Crippen LogP contribution >= 0.6 is 0 Å². The number of rotatable bonds is 17. The fraction of sp³-hybridized carbons (Fsp3) is 0.184. The molecule has 0 spiro atoms. The number of sulfonamides is 2. The number of amides is 4. The molecule has 0 atom stereocenters. The molecule has 0 unspecified atom stereocenters. The molecule has 2 heterocycles. The van der Waals surface area contributed by atoms with Crippen LogP contribution in [0.1, 0.15) is 66.4 Å². The van der Waals surface area contributed by atoms with Gasteiger partial charge >= 0.3 is 0 Å². The van der Waals surface area contributed by atoms with E-state index in [4.69, 9.17) is 14.2 Å². The van der Waals surface area contributed by atoms with Crippen LogP contribution in [0.2, 0.25) is 0 Å². The number of ether oxygens (including phenoxy) is 3. The number of imide groups is 2. The number of carbonyl (C=O) groups is 4. The van der Waals surface area contributed by atoms with Gasteiger partial charge in [0.15, 0.2) is 46.1 Å². The molecule has 2 aliphatic rings. The molecule has 69 heavy (non-hydrogen) atoms. The van der Waals surface area contributed by atoms with E-state index in [1.165, 1.54) is 67.8 Å². The number of methoxy groups -OCH3 is 1. The van der Waals surface area contributed by atoms with Crippen molar-refractivity contribution in [3.63, 3.8) is 0 Å². The first kappa shape index (κ1) is 49.1. The van der Waals surface area contributed by atoms with Gasteiger partial charge in [0.05, 0.1) is 52.2 Å². The Morgan fingerprint density at radius 1 is 0.507 bits per heavy atom. The highest BCUT2D eigenvalue weighted by molar-refractivity contribution is 7.93. The molecular weight excluding hydrogens is 939 g/mol. The fourth-order valence-corrected chi connectivity index (χ4v) is 9.21. The molecule has 0 fully saturated rings. The van der Waals surface area contributed by atoms with Crippen LogP contribution in [0.4, 0.5) is 20.2 Å². The molecule has 4 amide bonds. The SMILES string of the molecule is CCc1ccc(Oc2ccc(NS(=O)(=O)CCN3C(=O)c4ccccc4C3=O)cc2F)c(O)c1.CCc1ccc(Oc2ccc(NS(=O)(=O)CCN3C(=O)c4ccccc4C3=O)cc2F)c(OC)c1. The first-order valence-electron chi connectivity index (χ1n) is 21.3. The van der Waals surface area contributed by atoms with E-state index in [-0.39, 0.29) is 69.7 Å². The Labute approximate surface area is 396 Å². The summed E-state index contributed by atoms with van der Waals surface area (Å²) >= 11 is 0. The fourth-order valence-electron chi connectivity index (χ4n) is 7.19. The number of hydrogen-bond donors (Lipinski definition) is 3. The molecule has 6 aromatic rings. The second-order valence-electron chi connectivity index (χ2n) is 15.4. The predicted molar refractivity (Wildman–Crippen MR) is 251 cm³/mol. The normalized spacial score (nSPS) is 13.1. The lowest BCUT2D eigenvalue weighted by Crippen LogP contribution is -2.35. The highest BCUT2D eigenvalue weighted by Gasteiger charge is 2.37. The average Bonchev–Trinajstić information content (AvgIpc) is 3.72. The Morgan fingerprint density at radius 3 is 1.26 bits per heavy atom. The van der Waals surface area contributed by atoms with Crippen molar-refractivity contribution in [3.05, 3.63) is 166 Å². The van der Waals surface area contributed by atoms with Gasteiger partial charge in [0.1, 0.15) is 0 Å². The van der Waals surface area contributed by atoms with Crippen LogP contribution < -0.4 is 23.7 Å². The number of fused-ring (bicyclic) bond motifs is 2. The molecule has 0 aliphatic carbocycles. The maximum Gasteiger partial charge on any atom is 0.261 e. The van der Waals surface area contributed by atoms with E-state index in [9.17, 15) is 49.9 Å². The summed E-state index contributed by atoms with van der Waals surface area (Å²) in [7, 11) is -6.51. The number of phenols is 1. The largest absolute Gasteiger partial charge is 0.504 e. The monoisotopic (exact) mass is 982 g/mol. The van der Waals surface area contributed by atoms with E-state index < -0.39 is 66.8 Å². The number of benzene rings is 6. The molecule has 0 bridgehead atoms. The lowest BCUT2D eigenvalue weighted by Gasteiger charge is -2.15. The number of nitrogens with zero attached hydrogens (tertiary/aromatic N) is 2. The van der Waals surface area contributed by atoms with Gasteiger partial charge in [-0.25, -0.2) is 25.6 Å². The first-order chi connectivity index (χ1) is 32.9. The number of halogens is 2. The third-order valence-corrected chi connectivity index (χ3v) is 13.4. The smallest absolute Gasteiger partial charge is 0.261 e. The maximum atomic E-state index is 14.7. The van der Waals surface area contributed by atoms with Gasteiger partial charge in [0.25, 0.3) is 23.6 Å². The standard InChI is InChI=1S/C25H23FN2O6S.C24H21FN2O6S/c1-3-16-8-10-22(23(14-16)33-2)34-21-11-9-17(15-20(21)26)27-35(31,32)13-12-28-24(29)18-6-4-5-7-19(18)25(28)30;1-2-15-7-9-22(20(28)13-15)33-21-10-8-16(14-19(21)25)26-34(31,32)12-11-27-23(29)17-5-3-4-6-18(17)24(27)30/h4-11,14-15,27H,3,12-13H2,1-2H3;3-10,13-14,26,28H,2,11-12H2,1H3. The Morgan fingerprint density at radius 2 is 0.884 bits per heavy atom. The number of carbonyl (C=O) groups excluding carboxylic acids is 4. The van der Waals surface area contributed by atoms with Crippen LogP contribution in [-0.2, 0) is 32.9 Å². The Balaban J connectivity index is 0.000000204. The molecule has 0 aromatic heterocycles. The van der Waals surface area contributed by atoms with Gasteiger partial charge in [-0.15, -0.1) is 0 Å². The van der Waals surface area contributed by atoms with Crippen molar-refractivity contribution < 1.29 is 64.1 Å². The van der Waals surface area contributed by atoms with Crippen molar-refractivity contribution in [1.29, 1.82) is 0 Å². The summed E-state index contributed by atoms with van der Waals surface area (Å²) in [6, 6.07) is 29.7. The highest BCUT2D eigenvalue weighted by atomic mass is 32.2. The van der Waals surface area contributed by atoms with Crippen molar-refractivity contribution in [3.8, 4) is 34.5 Å². The van der Waals surface area contributed by atoms with Gasteiger partial charge in [-0.2, -0.15) is 0 Å². The molecule has 6 aromatic carbocycles. The highest BCUT2D eigenvalue weighted by Crippen LogP contribution is 2.36. The molecular formula is C49H44F2N4O12S2. The number of nitrogens with one attached hydrogen (secondary N) is 2. The van der Waals surface area contributed by atoms with Gasteiger partial charge in [-0.1, -0.05) is 50.2 Å². The van der Waals surface area contributed by atoms with Gasteiger partial charge in [0.2, 0.25) is 20.0 Å². The predicted octanol–water partition coefficient (Wildman–Crippen LogP) is 8.15. The minimum absolute atomic E-state index is 0.0227. The van der Waals surface area contributed by atoms with Crippen LogP contribution in [0.5, 0.6) is 34.5 Å². The van der Waals surface area contributed by atoms with E-state index in [2.05, 4.69) is 9.44 Å². The number of aromatic hydroxyl groups is 1. The minimum atomic E-state index is -4.00. The van der Waals surface area contributed by atoms with Crippen molar-refractivity contribution in [1.82, 2.24) is 9.80 Å². The molecule has 8 rings (SSSR count). The number of phenolic OH excluding ortho intramolecular Hbond substituents is 1. The third kappa shape index (κ3) is 11.3. The van der Waals surface area contributed by atoms with Gasteiger partial charge in [-0.3, -0.25) is 38.4 Å². The van der Waals surface area contributed by atoms with Crippen LogP contribution in [0.3, 0.4) is 0 Å². The van der Waals surface area contributed by atoms with Crippen molar-refractivity contribution >= 4 is 55.1 Å². The van der Waals surface area contributed by atoms with Crippen LogP contribution in [0, 0.1) is 11.6 Å². The molecule has 0 saturated carbocycles. The summed E-state index contributed by atoms with van der Waals surface area (Å²) in [6.07, 6.45) is 1.51. The second-order valence-corrected chi connectivity index (χ2v) is 19.1. The second kappa shape index (κ2) is 20.6. The summed E-state index contributed by atoms with van der Waals surface area (Å²) in [4.78, 5) is 51.4. The molecule has 3 N–H and O–H groups in total. The summed E-state index contributed by atoms with van der Waals surface area (Å²) in [5.74, 6) is -4.57. The molecule has 20 heteroatoms. The van der Waals surface area contributed by atoms with E-state index in [1.54, 1.807) is 42.5 Å². The number of aryl methyl sites for hydroxylation is 2. The Bertz CT molecular complexity index is 3150. The number of anilines is 2. The topological polar surface area (TPSA) is 215 Å². The Kier molecular flexibility index (Phi) is 14.6. The molecule has 16 nitrogen and oxygen atoms in total. The van der Waals surface area contributed by atoms with Gasteiger partial charge in [-0.05, 0) is 96.8 Å². The lowest BCUT2D eigenvalue weighted by atomic mass is 10.1. The van der Waals surface area contributed by atoms with Crippen LogP contribution in [0.25, 0.3) is 0 Å². The first-order valence-corrected chi connectivity index (χ1v) is 24.6. The summed E-state index contributed by atoms with van der Waals surface area (Å²) < 4.78 is 100. The van der Waals surface area contributed by atoms with E-state index in [0.29, 0.717) is 17.9 Å². The van der Waals surface area contributed by atoms with Crippen molar-refractivity contribution in [2.75, 3.05) is 41.1 Å². The minimum Gasteiger partial charge on any atom is -0.504 e. The third-order valence-electron chi connectivity index (χ3n) is 10.8. The zero-order valence-electron chi connectivity index (χ0n) is 37.2. The summed E-state index contributed by atoms with van der Waals surface area (Å²) in [5, 5.41) is 10.0. The zero-order valence-corrected chi connectivity index (χ0v) is 38.8. The van der Waals surface area contributed by atoms with Crippen LogP contribution in [-0.4, -0.2) is 87.1 Å². The Hall–Kier alpha value is -7.84. The van der Waals surface area contributed by atoms with E-state index >= 15 is 0 Å². The average molecular weight is 983 g/mol. The lowest BCUT2D eigenvalue weighted by molar-refractivity contribution is 0.0648. The van der Waals surface area contributed by atoms with Crippen molar-refractivity contribution in [2.45, 2.75) is 26.7 Å². The quantitative estimate of drug-likeness (QED) is 0.0739.